The smallest absolute Gasteiger partial charge is 0.262 e. The van der Waals surface area contributed by atoms with Gasteiger partial charge in [0.05, 0.1) is 0 Å². The lowest BCUT2D eigenvalue weighted by molar-refractivity contribution is -0.118. The van der Waals surface area contributed by atoms with Crippen molar-refractivity contribution < 1.29 is 9.53 Å². The van der Waals surface area contributed by atoms with Gasteiger partial charge in [-0.15, -0.1) is 11.8 Å². The summed E-state index contributed by atoms with van der Waals surface area (Å²) in [6.45, 7) is 0.00434. The summed E-state index contributed by atoms with van der Waals surface area (Å²) in [6, 6.07) is 15.3. The highest BCUT2D eigenvalue weighted by Crippen LogP contribution is 2.18. The van der Waals surface area contributed by atoms with Crippen molar-refractivity contribution in [2.75, 3.05) is 18.2 Å². The molecule has 104 valence electrons. The first-order valence-electron chi connectivity index (χ1n) is 5.99. The zero-order valence-electron chi connectivity index (χ0n) is 10.9. The Morgan fingerprint density at radius 3 is 2.65 bits per heavy atom. The Bertz CT molecular complexity index is 587. The van der Waals surface area contributed by atoms with Crippen LogP contribution in [0.1, 0.15) is 0 Å². The molecule has 0 spiro atoms. The van der Waals surface area contributed by atoms with Crippen molar-refractivity contribution in [3.8, 4) is 5.75 Å². The molecule has 5 heteroatoms. The van der Waals surface area contributed by atoms with Crippen molar-refractivity contribution in [2.24, 2.45) is 0 Å². The summed E-state index contributed by atoms with van der Waals surface area (Å²) in [5, 5.41) is 2.80. The number of amides is 1. The quantitative estimate of drug-likeness (QED) is 0.610. The van der Waals surface area contributed by atoms with Crippen molar-refractivity contribution in [3.05, 3.63) is 52.1 Å². The van der Waals surface area contributed by atoms with Gasteiger partial charge in [0, 0.05) is 14.2 Å². The number of ether oxygens (including phenoxy) is 1. The number of hydrogen-bond acceptors (Lipinski definition) is 3. The van der Waals surface area contributed by atoms with Gasteiger partial charge in [-0.25, -0.2) is 0 Å². The van der Waals surface area contributed by atoms with E-state index < -0.39 is 0 Å². The van der Waals surface area contributed by atoms with Crippen LogP contribution in [-0.4, -0.2) is 18.8 Å². The molecule has 0 atom stereocenters. The molecule has 20 heavy (non-hydrogen) atoms. The minimum absolute atomic E-state index is 0.00434. The molecule has 1 N–H and O–H groups in total. The van der Waals surface area contributed by atoms with Crippen LogP contribution >= 0.6 is 34.4 Å². The van der Waals surface area contributed by atoms with E-state index in [4.69, 9.17) is 4.74 Å². The number of halogens is 1. The van der Waals surface area contributed by atoms with E-state index in [9.17, 15) is 4.79 Å². The number of thioether (sulfide) groups is 1. The number of nitrogens with one attached hydrogen (secondary N) is 1. The normalized spacial score (nSPS) is 10.1. The predicted molar refractivity (Wildman–Crippen MR) is 91.5 cm³/mol. The van der Waals surface area contributed by atoms with E-state index >= 15 is 0 Å². The monoisotopic (exact) mass is 399 g/mol. The first-order chi connectivity index (χ1) is 9.67. The van der Waals surface area contributed by atoms with Crippen LogP contribution < -0.4 is 10.1 Å². The van der Waals surface area contributed by atoms with Crippen molar-refractivity contribution in [2.45, 2.75) is 4.90 Å². The number of benzene rings is 2. The fourth-order valence-electron chi connectivity index (χ4n) is 1.58. The van der Waals surface area contributed by atoms with E-state index in [1.165, 1.54) is 0 Å². The lowest BCUT2D eigenvalue weighted by Crippen LogP contribution is -2.20. The highest BCUT2D eigenvalue weighted by molar-refractivity contribution is 14.1. The van der Waals surface area contributed by atoms with E-state index in [0.29, 0.717) is 5.75 Å². The maximum absolute atomic E-state index is 11.8. The zero-order valence-corrected chi connectivity index (χ0v) is 13.9. The van der Waals surface area contributed by atoms with E-state index in [2.05, 4.69) is 27.9 Å². The summed E-state index contributed by atoms with van der Waals surface area (Å²) in [4.78, 5) is 12.9. The Labute approximate surface area is 136 Å². The van der Waals surface area contributed by atoms with Gasteiger partial charge in [-0.3, -0.25) is 4.79 Å². The lowest BCUT2D eigenvalue weighted by Gasteiger charge is -2.08. The molecule has 0 saturated carbocycles. The highest BCUT2D eigenvalue weighted by Gasteiger charge is 2.04. The van der Waals surface area contributed by atoms with Crippen LogP contribution in [-0.2, 0) is 4.79 Å². The third-order valence-corrected chi connectivity index (χ3v) is 3.95. The van der Waals surface area contributed by atoms with Crippen LogP contribution in [0.2, 0.25) is 0 Å². The van der Waals surface area contributed by atoms with E-state index in [0.717, 1.165) is 14.2 Å². The Hall–Kier alpha value is -1.21. The van der Waals surface area contributed by atoms with Gasteiger partial charge >= 0.3 is 0 Å². The average Bonchev–Trinajstić information content (AvgIpc) is 2.46. The first kappa shape index (κ1) is 15.2. The Balaban J connectivity index is 1.85. The molecule has 0 bridgehead atoms. The lowest BCUT2D eigenvalue weighted by atomic mass is 10.3. The van der Waals surface area contributed by atoms with Crippen LogP contribution in [0.3, 0.4) is 0 Å². The number of hydrogen-bond donors (Lipinski definition) is 1. The van der Waals surface area contributed by atoms with Gasteiger partial charge in [-0.2, -0.15) is 0 Å². The van der Waals surface area contributed by atoms with Gasteiger partial charge in [-0.05, 0) is 71.3 Å². The fourth-order valence-corrected chi connectivity index (χ4v) is 2.50. The number of rotatable bonds is 5. The highest BCUT2D eigenvalue weighted by atomic mass is 127. The maximum Gasteiger partial charge on any atom is 0.262 e. The zero-order chi connectivity index (χ0) is 14.4. The third-order valence-electron chi connectivity index (χ3n) is 2.54. The van der Waals surface area contributed by atoms with Gasteiger partial charge < -0.3 is 10.1 Å². The van der Waals surface area contributed by atoms with Crippen LogP contribution in [0.4, 0.5) is 5.69 Å². The van der Waals surface area contributed by atoms with Crippen molar-refractivity contribution in [3.63, 3.8) is 0 Å². The molecule has 0 unspecified atom stereocenters. The summed E-state index contributed by atoms with van der Waals surface area (Å²) < 4.78 is 6.52. The van der Waals surface area contributed by atoms with Gasteiger partial charge in [0.15, 0.2) is 6.61 Å². The van der Waals surface area contributed by atoms with E-state index in [1.807, 2.05) is 54.8 Å². The summed E-state index contributed by atoms with van der Waals surface area (Å²) in [5.74, 6) is 0.533. The van der Waals surface area contributed by atoms with Gasteiger partial charge in [0.25, 0.3) is 5.91 Å². The molecule has 0 aliphatic carbocycles. The number of carbonyl (C=O) groups excluding carboxylic acids is 1. The largest absolute Gasteiger partial charge is 0.484 e. The molecule has 0 saturated heterocycles. The van der Waals surface area contributed by atoms with Crippen LogP contribution in [0.5, 0.6) is 5.75 Å². The van der Waals surface area contributed by atoms with Crippen LogP contribution in [0.15, 0.2) is 53.4 Å². The summed E-state index contributed by atoms with van der Waals surface area (Å²) >= 11 is 3.87. The summed E-state index contributed by atoms with van der Waals surface area (Å²) in [6.07, 6.45) is 2.02. The number of anilines is 1. The Morgan fingerprint density at radius 2 is 2.00 bits per heavy atom. The van der Waals surface area contributed by atoms with Crippen molar-refractivity contribution in [1.29, 1.82) is 0 Å². The van der Waals surface area contributed by atoms with Crippen molar-refractivity contribution in [1.82, 2.24) is 0 Å². The second-order valence-electron chi connectivity index (χ2n) is 4.02. The molecule has 3 nitrogen and oxygen atoms in total. The van der Waals surface area contributed by atoms with Gasteiger partial charge in [0.2, 0.25) is 0 Å². The minimum Gasteiger partial charge on any atom is -0.484 e. The molecule has 0 aromatic heterocycles. The van der Waals surface area contributed by atoms with Crippen LogP contribution in [0, 0.1) is 3.57 Å². The molecule has 0 heterocycles. The Kier molecular flexibility index (Phi) is 5.72. The molecule has 2 aromatic rings. The second kappa shape index (κ2) is 7.54. The molecule has 0 aliphatic rings. The predicted octanol–water partition coefficient (Wildman–Crippen LogP) is 4.03. The van der Waals surface area contributed by atoms with E-state index in [-0.39, 0.29) is 12.5 Å². The molecular formula is C15H14INO2S. The molecule has 2 aromatic carbocycles. The molecule has 0 radical (unpaired) electrons. The second-order valence-corrected chi connectivity index (χ2v) is 6.15. The third kappa shape index (κ3) is 4.72. The number of carbonyl (C=O) groups is 1. The molecule has 2 rings (SSSR count). The minimum atomic E-state index is -0.166. The van der Waals surface area contributed by atoms with Crippen LogP contribution in [0.25, 0.3) is 0 Å². The van der Waals surface area contributed by atoms with E-state index in [1.54, 1.807) is 11.8 Å². The summed E-state index contributed by atoms with van der Waals surface area (Å²) in [5.41, 5.74) is 0.777. The molecular weight excluding hydrogens is 385 g/mol. The maximum atomic E-state index is 11.8. The molecule has 0 fully saturated rings. The van der Waals surface area contributed by atoms with Gasteiger partial charge in [0.1, 0.15) is 5.75 Å². The first-order valence-corrected chi connectivity index (χ1v) is 8.30. The topological polar surface area (TPSA) is 38.3 Å². The fraction of sp³-hybridized carbons (Fsp3) is 0.133. The molecule has 1 amide bonds. The standard InChI is InChI=1S/C15H14INO2S/c1-20-14-7-5-12(6-8-14)17-15(18)10-19-13-4-2-3-11(16)9-13/h2-9H,10H2,1H3,(H,17,18). The SMILES string of the molecule is CSc1ccc(NC(=O)COc2cccc(I)c2)cc1. The Morgan fingerprint density at radius 1 is 1.25 bits per heavy atom. The summed E-state index contributed by atoms with van der Waals surface area (Å²) in [7, 11) is 0. The average molecular weight is 399 g/mol. The molecule has 0 aliphatic heterocycles. The van der Waals surface area contributed by atoms with Crippen molar-refractivity contribution >= 4 is 45.9 Å². The van der Waals surface area contributed by atoms with Gasteiger partial charge in [-0.1, -0.05) is 6.07 Å².